The molecule has 0 spiro atoms. The summed E-state index contributed by atoms with van der Waals surface area (Å²) in [5, 5.41) is 2.64. The molecule has 0 radical (unpaired) electrons. The van der Waals surface area contributed by atoms with Gasteiger partial charge in [-0.3, -0.25) is 14.5 Å². The molecule has 4 rings (SSSR count). The highest BCUT2D eigenvalue weighted by Gasteiger charge is 2.37. The molecule has 6 heteroatoms. The lowest BCUT2D eigenvalue weighted by molar-refractivity contribution is -0.122. The zero-order valence-corrected chi connectivity index (χ0v) is 15.0. The van der Waals surface area contributed by atoms with Crippen molar-refractivity contribution in [2.24, 2.45) is 5.92 Å². The number of nitrogens with zero attached hydrogens (tertiary/aromatic N) is 1. The second kappa shape index (κ2) is 7.11. The highest BCUT2D eigenvalue weighted by Crippen LogP contribution is 2.45. The highest BCUT2D eigenvalue weighted by molar-refractivity contribution is 8.00. The Hall–Kier alpha value is -2.34. The van der Waals surface area contributed by atoms with Crippen LogP contribution in [0.2, 0.25) is 0 Å². The molecular weight excluding hydrogens is 351 g/mol. The maximum atomic E-state index is 14.3. The van der Waals surface area contributed by atoms with Gasteiger partial charge in [-0.1, -0.05) is 36.8 Å². The van der Waals surface area contributed by atoms with Gasteiger partial charge < -0.3 is 5.32 Å². The Balaban J connectivity index is 1.67. The Morgan fingerprint density at radius 3 is 2.58 bits per heavy atom. The van der Waals surface area contributed by atoms with Crippen molar-refractivity contribution < 1.29 is 14.0 Å². The predicted molar refractivity (Wildman–Crippen MR) is 101 cm³/mol. The van der Waals surface area contributed by atoms with E-state index in [1.54, 1.807) is 18.2 Å². The number of para-hydroxylation sites is 2. The van der Waals surface area contributed by atoms with E-state index in [2.05, 4.69) is 5.32 Å². The number of amides is 2. The molecule has 26 heavy (non-hydrogen) atoms. The van der Waals surface area contributed by atoms with Crippen molar-refractivity contribution in [2.45, 2.75) is 24.6 Å². The monoisotopic (exact) mass is 370 g/mol. The van der Waals surface area contributed by atoms with Crippen LogP contribution in [0.1, 0.15) is 30.2 Å². The van der Waals surface area contributed by atoms with Crippen molar-refractivity contribution in [1.82, 2.24) is 0 Å². The van der Waals surface area contributed by atoms with Crippen LogP contribution in [-0.4, -0.2) is 17.6 Å². The van der Waals surface area contributed by atoms with E-state index in [0.717, 1.165) is 24.8 Å². The van der Waals surface area contributed by atoms with Crippen LogP contribution in [-0.2, 0) is 9.59 Å². The molecule has 2 aliphatic rings. The number of carbonyl (C=O) groups is 2. The third kappa shape index (κ3) is 3.09. The summed E-state index contributed by atoms with van der Waals surface area (Å²) in [4.78, 5) is 26.3. The van der Waals surface area contributed by atoms with Gasteiger partial charge in [-0.2, -0.15) is 0 Å². The van der Waals surface area contributed by atoms with Gasteiger partial charge in [0.2, 0.25) is 11.8 Å². The molecule has 1 atom stereocenters. The van der Waals surface area contributed by atoms with Gasteiger partial charge in [0.1, 0.15) is 11.2 Å². The van der Waals surface area contributed by atoms with Crippen LogP contribution in [0.25, 0.3) is 0 Å². The van der Waals surface area contributed by atoms with Gasteiger partial charge in [0.25, 0.3) is 0 Å². The summed E-state index contributed by atoms with van der Waals surface area (Å²) >= 11 is 1.44. The van der Waals surface area contributed by atoms with Crippen LogP contribution in [0.15, 0.2) is 48.5 Å². The van der Waals surface area contributed by atoms with Gasteiger partial charge in [0.15, 0.2) is 0 Å². The molecule has 2 amide bonds. The molecule has 2 aromatic rings. The van der Waals surface area contributed by atoms with Gasteiger partial charge in [0, 0.05) is 17.2 Å². The molecule has 2 fully saturated rings. The summed E-state index contributed by atoms with van der Waals surface area (Å²) in [6.45, 7) is 0. The van der Waals surface area contributed by atoms with Crippen LogP contribution in [0.5, 0.6) is 0 Å². The second-order valence-electron chi connectivity index (χ2n) is 6.58. The summed E-state index contributed by atoms with van der Waals surface area (Å²) in [6.07, 6.45) is 2.94. The summed E-state index contributed by atoms with van der Waals surface area (Å²) in [6, 6.07) is 13.8. The van der Waals surface area contributed by atoms with E-state index in [-0.39, 0.29) is 34.5 Å². The molecular formula is C20H19FN2O2S. The largest absolute Gasteiger partial charge is 0.325 e. The van der Waals surface area contributed by atoms with E-state index in [4.69, 9.17) is 0 Å². The maximum absolute atomic E-state index is 14.3. The zero-order valence-electron chi connectivity index (χ0n) is 14.2. The number of nitrogens with one attached hydrogen (secondary N) is 1. The number of thioether (sulfide) groups is 1. The second-order valence-corrected chi connectivity index (χ2v) is 7.65. The van der Waals surface area contributed by atoms with Gasteiger partial charge >= 0.3 is 0 Å². The Morgan fingerprint density at radius 2 is 1.85 bits per heavy atom. The molecule has 4 nitrogen and oxygen atoms in total. The fraction of sp³-hybridized carbons (Fsp3) is 0.300. The molecule has 1 heterocycles. The molecule has 1 aliphatic carbocycles. The van der Waals surface area contributed by atoms with Crippen molar-refractivity contribution in [3.63, 3.8) is 0 Å². The number of carbonyl (C=O) groups excluding carboxylic acids is 2. The van der Waals surface area contributed by atoms with E-state index in [9.17, 15) is 14.0 Å². The molecule has 1 N–H and O–H groups in total. The summed E-state index contributed by atoms with van der Waals surface area (Å²) in [5.74, 6) is -0.183. The molecule has 0 aromatic heterocycles. The number of benzene rings is 2. The first-order valence-electron chi connectivity index (χ1n) is 8.73. The van der Waals surface area contributed by atoms with Gasteiger partial charge in [0.05, 0.1) is 11.4 Å². The third-order valence-corrected chi connectivity index (χ3v) is 6.13. The fourth-order valence-corrected chi connectivity index (χ4v) is 4.50. The number of hydrogen-bond acceptors (Lipinski definition) is 3. The molecule has 134 valence electrons. The SMILES string of the molecule is O=C(Nc1ccccc1C1SCC(=O)N1c1ccccc1F)C1CCC1. The molecule has 1 saturated carbocycles. The minimum absolute atomic E-state index is 0.0236. The predicted octanol–water partition coefficient (Wildman–Crippen LogP) is 4.34. The minimum Gasteiger partial charge on any atom is -0.325 e. The smallest absolute Gasteiger partial charge is 0.238 e. The molecule has 1 saturated heterocycles. The van der Waals surface area contributed by atoms with Crippen LogP contribution in [0.3, 0.4) is 0 Å². The minimum atomic E-state index is -0.427. The quantitative estimate of drug-likeness (QED) is 0.871. The van der Waals surface area contributed by atoms with Gasteiger partial charge in [-0.05, 0) is 31.0 Å². The molecule has 2 aromatic carbocycles. The summed E-state index contributed by atoms with van der Waals surface area (Å²) in [5.41, 5.74) is 1.78. The maximum Gasteiger partial charge on any atom is 0.238 e. The van der Waals surface area contributed by atoms with Crippen molar-refractivity contribution >= 4 is 35.0 Å². The lowest BCUT2D eigenvalue weighted by atomic mass is 9.85. The molecule has 1 unspecified atom stereocenters. The van der Waals surface area contributed by atoms with Crippen molar-refractivity contribution in [3.8, 4) is 0 Å². The molecule has 1 aliphatic heterocycles. The number of rotatable bonds is 4. The van der Waals surface area contributed by atoms with Crippen LogP contribution < -0.4 is 10.2 Å². The Morgan fingerprint density at radius 1 is 1.12 bits per heavy atom. The summed E-state index contributed by atoms with van der Waals surface area (Å²) in [7, 11) is 0. The average Bonchev–Trinajstić information content (AvgIpc) is 2.95. The van der Waals surface area contributed by atoms with Crippen molar-refractivity contribution in [3.05, 3.63) is 59.9 Å². The van der Waals surface area contributed by atoms with Gasteiger partial charge in [-0.25, -0.2) is 4.39 Å². The summed E-state index contributed by atoms with van der Waals surface area (Å²) < 4.78 is 14.3. The standard InChI is InChI=1S/C20H19FN2O2S/c21-15-9-2-4-11-17(15)23-18(24)12-26-20(23)14-8-1-3-10-16(14)22-19(25)13-6-5-7-13/h1-4,8-11,13,20H,5-7,12H2,(H,22,25). The number of hydrogen-bond donors (Lipinski definition) is 1. The first-order valence-corrected chi connectivity index (χ1v) is 9.78. The fourth-order valence-electron chi connectivity index (χ4n) is 3.29. The normalized spacial score (nSPS) is 20.1. The van der Waals surface area contributed by atoms with Gasteiger partial charge in [-0.15, -0.1) is 11.8 Å². The Labute approximate surface area is 155 Å². The first-order chi connectivity index (χ1) is 12.6. The van der Waals surface area contributed by atoms with E-state index >= 15 is 0 Å². The third-order valence-electron chi connectivity index (χ3n) is 4.94. The van der Waals surface area contributed by atoms with E-state index < -0.39 is 5.82 Å². The lowest BCUT2D eigenvalue weighted by Gasteiger charge is -2.28. The average molecular weight is 370 g/mol. The highest BCUT2D eigenvalue weighted by atomic mass is 32.2. The Kier molecular flexibility index (Phi) is 4.68. The molecule has 0 bridgehead atoms. The van der Waals surface area contributed by atoms with E-state index in [1.165, 1.54) is 22.7 Å². The Bertz CT molecular complexity index is 853. The van der Waals surface area contributed by atoms with E-state index in [1.807, 2.05) is 24.3 Å². The lowest BCUT2D eigenvalue weighted by Crippen LogP contribution is -2.31. The van der Waals surface area contributed by atoms with Crippen LogP contribution in [0, 0.1) is 11.7 Å². The van der Waals surface area contributed by atoms with Crippen LogP contribution >= 0.6 is 11.8 Å². The zero-order chi connectivity index (χ0) is 18.1. The number of halogens is 1. The van der Waals surface area contributed by atoms with Crippen molar-refractivity contribution in [1.29, 1.82) is 0 Å². The van der Waals surface area contributed by atoms with E-state index in [0.29, 0.717) is 5.69 Å². The van der Waals surface area contributed by atoms with Crippen LogP contribution in [0.4, 0.5) is 15.8 Å². The number of anilines is 2. The first kappa shape index (κ1) is 17.1. The topological polar surface area (TPSA) is 49.4 Å². The van der Waals surface area contributed by atoms with Crippen molar-refractivity contribution in [2.75, 3.05) is 16.0 Å².